The highest BCUT2D eigenvalue weighted by Crippen LogP contribution is 2.43. The topological polar surface area (TPSA) is 12.0 Å². The summed E-state index contributed by atoms with van der Waals surface area (Å²) in [6.07, 6.45) is -2.10. The lowest BCUT2D eigenvalue weighted by Gasteiger charge is -2.26. The standard InChI is InChI=1S/C21H22NPS/c1-17(2)18-13-15-19(16-14-18)22-23(24,20-9-5-3-6-10-20)21-11-7-4-8-12-21/h3-17H,1-2H3,(H,22,24). The van der Waals surface area contributed by atoms with Crippen molar-refractivity contribution in [2.24, 2.45) is 0 Å². The molecule has 24 heavy (non-hydrogen) atoms. The number of hydrogen-bond donors (Lipinski definition) is 1. The molecule has 3 aromatic rings. The van der Waals surface area contributed by atoms with Gasteiger partial charge in [-0.3, -0.25) is 0 Å². The van der Waals surface area contributed by atoms with E-state index in [9.17, 15) is 0 Å². The Kier molecular flexibility index (Phi) is 5.18. The van der Waals surface area contributed by atoms with Crippen molar-refractivity contribution in [3.8, 4) is 0 Å². The molecule has 0 amide bonds. The van der Waals surface area contributed by atoms with Crippen LogP contribution in [-0.4, -0.2) is 0 Å². The van der Waals surface area contributed by atoms with Gasteiger partial charge in [0.2, 0.25) is 0 Å². The molecule has 0 aliphatic carbocycles. The van der Waals surface area contributed by atoms with Gasteiger partial charge < -0.3 is 5.09 Å². The summed E-state index contributed by atoms with van der Waals surface area (Å²) < 4.78 is 0. The molecular formula is C21H22NPS. The molecule has 0 atom stereocenters. The van der Waals surface area contributed by atoms with Crippen molar-refractivity contribution in [2.75, 3.05) is 5.09 Å². The van der Waals surface area contributed by atoms with Gasteiger partial charge in [0.25, 0.3) is 0 Å². The molecule has 0 heterocycles. The van der Waals surface area contributed by atoms with Crippen LogP contribution in [0.4, 0.5) is 5.69 Å². The molecule has 0 saturated carbocycles. The monoisotopic (exact) mass is 351 g/mol. The van der Waals surface area contributed by atoms with Gasteiger partial charge in [0.15, 0.2) is 0 Å². The molecule has 0 spiro atoms. The molecule has 0 radical (unpaired) electrons. The van der Waals surface area contributed by atoms with Crippen LogP contribution >= 0.6 is 6.19 Å². The van der Waals surface area contributed by atoms with Gasteiger partial charge in [-0.05, 0) is 23.6 Å². The quantitative estimate of drug-likeness (QED) is 0.629. The van der Waals surface area contributed by atoms with Crippen LogP contribution in [0.15, 0.2) is 84.9 Å². The van der Waals surface area contributed by atoms with E-state index in [0.29, 0.717) is 5.92 Å². The molecule has 0 aliphatic rings. The van der Waals surface area contributed by atoms with Gasteiger partial charge in [-0.1, -0.05) is 98.5 Å². The van der Waals surface area contributed by atoms with E-state index in [4.69, 9.17) is 11.8 Å². The molecule has 122 valence electrons. The van der Waals surface area contributed by atoms with Crippen molar-refractivity contribution in [3.63, 3.8) is 0 Å². The second kappa shape index (κ2) is 7.34. The van der Waals surface area contributed by atoms with Crippen molar-refractivity contribution >= 4 is 34.3 Å². The Morgan fingerprint density at radius 2 is 1.17 bits per heavy atom. The highest BCUT2D eigenvalue weighted by molar-refractivity contribution is 8.22. The fourth-order valence-corrected chi connectivity index (χ4v) is 5.98. The number of rotatable bonds is 5. The van der Waals surface area contributed by atoms with Crippen LogP contribution in [0.25, 0.3) is 0 Å². The fourth-order valence-electron chi connectivity index (χ4n) is 2.68. The lowest BCUT2D eigenvalue weighted by atomic mass is 10.0. The van der Waals surface area contributed by atoms with E-state index in [1.54, 1.807) is 0 Å². The minimum Gasteiger partial charge on any atom is -0.351 e. The van der Waals surface area contributed by atoms with E-state index < -0.39 is 6.19 Å². The predicted molar refractivity (Wildman–Crippen MR) is 111 cm³/mol. The van der Waals surface area contributed by atoms with Crippen molar-refractivity contribution in [1.82, 2.24) is 0 Å². The van der Waals surface area contributed by atoms with Crippen LogP contribution in [0.5, 0.6) is 0 Å². The molecule has 3 rings (SSSR count). The number of anilines is 1. The molecule has 0 bridgehead atoms. The molecular weight excluding hydrogens is 329 g/mol. The van der Waals surface area contributed by atoms with Crippen molar-refractivity contribution in [3.05, 3.63) is 90.5 Å². The first-order chi connectivity index (χ1) is 11.6. The van der Waals surface area contributed by atoms with Gasteiger partial charge in [-0.25, -0.2) is 0 Å². The zero-order chi connectivity index (χ0) is 17.0. The van der Waals surface area contributed by atoms with E-state index in [2.05, 4.69) is 91.7 Å². The largest absolute Gasteiger partial charge is 0.351 e. The maximum Gasteiger partial charge on any atom is 0.0903 e. The van der Waals surface area contributed by atoms with Crippen LogP contribution in [0.2, 0.25) is 0 Å². The second-order valence-electron chi connectivity index (χ2n) is 6.17. The Bertz CT molecular complexity index is 783. The van der Waals surface area contributed by atoms with Crippen LogP contribution in [-0.2, 0) is 11.8 Å². The number of benzene rings is 3. The Morgan fingerprint density at radius 3 is 1.58 bits per heavy atom. The summed E-state index contributed by atoms with van der Waals surface area (Å²) >= 11 is 6.20. The van der Waals surface area contributed by atoms with Crippen LogP contribution < -0.4 is 15.7 Å². The van der Waals surface area contributed by atoms with E-state index in [1.807, 2.05) is 12.1 Å². The third-order valence-electron chi connectivity index (χ3n) is 4.10. The molecule has 0 aliphatic heterocycles. The molecule has 0 fully saturated rings. The Morgan fingerprint density at radius 1 is 0.708 bits per heavy atom. The zero-order valence-electron chi connectivity index (χ0n) is 14.0. The van der Waals surface area contributed by atoms with E-state index in [1.165, 1.54) is 16.2 Å². The average molecular weight is 351 g/mol. The number of hydrogen-bond acceptors (Lipinski definition) is 1. The molecule has 0 unspecified atom stereocenters. The molecule has 3 heteroatoms. The average Bonchev–Trinajstić information content (AvgIpc) is 2.63. The van der Waals surface area contributed by atoms with Gasteiger partial charge in [0, 0.05) is 16.3 Å². The van der Waals surface area contributed by atoms with Gasteiger partial charge in [-0.2, -0.15) is 0 Å². The number of nitrogens with one attached hydrogen (secondary N) is 1. The maximum absolute atomic E-state index is 6.20. The lowest BCUT2D eigenvalue weighted by molar-refractivity contribution is 0.867. The van der Waals surface area contributed by atoms with Crippen molar-refractivity contribution < 1.29 is 0 Å². The maximum atomic E-state index is 6.20. The minimum atomic E-state index is -2.10. The van der Waals surface area contributed by atoms with Crippen LogP contribution in [0, 0.1) is 0 Å². The van der Waals surface area contributed by atoms with E-state index in [0.717, 1.165) is 5.69 Å². The van der Waals surface area contributed by atoms with Crippen molar-refractivity contribution in [2.45, 2.75) is 19.8 Å². The second-order valence-corrected chi connectivity index (χ2v) is 10.3. The Hall–Kier alpha value is -1.89. The van der Waals surface area contributed by atoms with Crippen LogP contribution in [0.3, 0.4) is 0 Å². The third kappa shape index (κ3) is 3.61. The third-order valence-corrected chi connectivity index (χ3v) is 8.27. The molecule has 0 aromatic heterocycles. The fraction of sp³-hybridized carbons (Fsp3) is 0.143. The smallest absolute Gasteiger partial charge is 0.0903 e. The van der Waals surface area contributed by atoms with Crippen LogP contribution in [0.1, 0.15) is 25.3 Å². The normalized spacial score (nSPS) is 11.5. The Labute approximate surface area is 149 Å². The molecule has 1 nitrogen and oxygen atoms in total. The summed E-state index contributed by atoms with van der Waals surface area (Å²) in [5.74, 6) is 0.533. The summed E-state index contributed by atoms with van der Waals surface area (Å²) in [7, 11) is 0. The molecule has 1 N–H and O–H groups in total. The van der Waals surface area contributed by atoms with Crippen molar-refractivity contribution in [1.29, 1.82) is 0 Å². The van der Waals surface area contributed by atoms with Gasteiger partial charge in [0.1, 0.15) is 0 Å². The first kappa shape index (κ1) is 17.0. The first-order valence-electron chi connectivity index (χ1n) is 8.19. The van der Waals surface area contributed by atoms with E-state index >= 15 is 0 Å². The summed E-state index contributed by atoms with van der Waals surface area (Å²) in [4.78, 5) is 0. The molecule has 0 saturated heterocycles. The SMILES string of the molecule is CC(C)c1ccc(NP(=S)(c2ccccc2)c2ccccc2)cc1. The summed E-state index contributed by atoms with van der Waals surface area (Å²) in [6.45, 7) is 4.42. The highest BCUT2D eigenvalue weighted by Gasteiger charge is 2.22. The molecule has 3 aromatic carbocycles. The summed E-state index contributed by atoms with van der Waals surface area (Å²) in [6, 6.07) is 29.5. The Balaban J connectivity index is 2.01. The van der Waals surface area contributed by atoms with Gasteiger partial charge in [0.05, 0.1) is 6.19 Å². The van der Waals surface area contributed by atoms with Gasteiger partial charge >= 0.3 is 0 Å². The first-order valence-corrected chi connectivity index (χ1v) is 11.0. The lowest BCUT2D eigenvalue weighted by Crippen LogP contribution is -2.21. The summed E-state index contributed by atoms with van der Waals surface area (Å²) in [5.41, 5.74) is 2.42. The van der Waals surface area contributed by atoms with E-state index in [-0.39, 0.29) is 0 Å². The van der Waals surface area contributed by atoms with Gasteiger partial charge in [-0.15, -0.1) is 0 Å². The predicted octanol–water partition coefficient (Wildman–Crippen LogP) is 5.27. The summed E-state index contributed by atoms with van der Waals surface area (Å²) in [5, 5.41) is 6.04. The highest BCUT2D eigenvalue weighted by atomic mass is 32.4. The zero-order valence-corrected chi connectivity index (χ0v) is 15.7. The minimum absolute atomic E-state index is 0.533.